The van der Waals surface area contributed by atoms with E-state index in [-0.39, 0.29) is 22.2 Å². The lowest BCUT2D eigenvalue weighted by atomic mass is 10.2. The molecular formula is C13H10ClFN2O3. The van der Waals surface area contributed by atoms with Gasteiger partial charge in [0.2, 0.25) is 0 Å². The van der Waals surface area contributed by atoms with Crippen molar-refractivity contribution >= 4 is 29.1 Å². The van der Waals surface area contributed by atoms with Crippen LogP contribution >= 0.6 is 11.6 Å². The number of ether oxygens (including phenoxy) is 1. The molecule has 0 saturated heterocycles. The van der Waals surface area contributed by atoms with Gasteiger partial charge in [-0.15, -0.1) is 0 Å². The van der Waals surface area contributed by atoms with E-state index >= 15 is 0 Å². The first kappa shape index (κ1) is 14.1. The van der Waals surface area contributed by atoms with Crippen LogP contribution in [0.1, 0.15) is 10.4 Å². The lowest BCUT2D eigenvalue weighted by Gasteiger charge is -2.11. The van der Waals surface area contributed by atoms with Crippen molar-refractivity contribution in [2.24, 2.45) is 0 Å². The van der Waals surface area contributed by atoms with Gasteiger partial charge in [-0.25, -0.2) is 14.2 Å². The molecule has 0 radical (unpaired) electrons. The number of rotatable bonds is 4. The molecule has 1 aromatic heterocycles. The van der Waals surface area contributed by atoms with Gasteiger partial charge in [-0.05, 0) is 24.3 Å². The van der Waals surface area contributed by atoms with E-state index < -0.39 is 11.8 Å². The molecule has 0 amide bonds. The van der Waals surface area contributed by atoms with Crippen LogP contribution in [0.25, 0.3) is 0 Å². The molecule has 1 heterocycles. The fourth-order valence-electron chi connectivity index (χ4n) is 1.56. The number of aromatic carboxylic acids is 1. The highest BCUT2D eigenvalue weighted by Gasteiger charge is 2.14. The molecule has 0 aliphatic heterocycles. The first-order chi connectivity index (χ1) is 9.51. The number of hydrogen-bond acceptors (Lipinski definition) is 4. The molecule has 0 aliphatic rings. The first-order valence-corrected chi connectivity index (χ1v) is 5.89. The Morgan fingerprint density at radius 3 is 2.80 bits per heavy atom. The molecule has 2 rings (SSSR count). The summed E-state index contributed by atoms with van der Waals surface area (Å²) >= 11 is 5.72. The molecule has 0 aliphatic carbocycles. The molecule has 104 valence electrons. The maximum absolute atomic E-state index is 13.7. The topological polar surface area (TPSA) is 71.5 Å². The summed E-state index contributed by atoms with van der Waals surface area (Å²) in [4.78, 5) is 14.9. The van der Waals surface area contributed by atoms with Crippen LogP contribution in [0.15, 0.2) is 30.3 Å². The highest BCUT2D eigenvalue weighted by Crippen LogP contribution is 2.26. The Balaban J connectivity index is 2.43. The summed E-state index contributed by atoms with van der Waals surface area (Å²) in [7, 11) is 1.44. The number of halogens is 2. The number of carboxylic acids is 1. The molecule has 1 aromatic carbocycles. The lowest BCUT2D eigenvalue weighted by Crippen LogP contribution is -2.06. The summed E-state index contributed by atoms with van der Waals surface area (Å²) in [6.45, 7) is 0. The van der Waals surface area contributed by atoms with Crippen molar-refractivity contribution in [1.82, 2.24) is 4.98 Å². The number of methoxy groups -OCH3 is 1. The van der Waals surface area contributed by atoms with Crippen LogP contribution in [0.2, 0.25) is 5.15 Å². The minimum atomic E-state index is -1.19. The van der Waals surface area contributed by atoms with Gasteiger partial charge in [0.1, 0.15) is 28.1 Å². The second kappa shape index (κ2) is 5.75. The number of carboxylic acid groups (broad SMARTS) is 1. The number of pyridine rings is 1. The number of benzene rings is 1. The van der Waals surface area contributed by atoms with Gasteiger partial charge in [0, 0.05) is 6.07 Å². The van der Waals surface area contributed by atoms with Crippen molar-refractivity contribution in [3.05, 3.63) is 46.9 Å². The third kappa shape index (κ3) is 2.97. The zero-order valence-corrected chi connectivity index (χ0v) is 11.1. The lowest BCUT2D eigenvalue weighted by molar-refractivity contribution is 0.0697. The minimum absolute atomic E-state index is 0.0432. The van der Waals surface area contributed by atoms with Crippen molar-refractivity contribution < 1.29 is 19.0 Å². The average Bonchev–Trinajstić information content (AvgIpc) is 2.41. The van der Waals surface area contributed by atoms with Crippen LogP contribution < -0.4 is 10.1 Å². The Hall–Kier alpha value is -2.34. The van der Waals surface area contributed by atoms with Gasteiger partial charge in [0.05, 0.1) is 12.8 Å². The molecule has 20 heavy (non-hydrogen) atoms. The Kier molecular flexibility index (Phi) is 4.05. The second-order valence-corrected chi connectivity index (χ2v) is 4.19. The molecule has 0 saturated carbocycles. The Morgan fingerprint density at radius 1 is 1.40 bits per heavy atom. The van der Waals surface area contributed by atoms with Crippen molar-refractivity contribution in [2.45, 2.75) is 0 Å². The summed E-state index contributed by atoms with van der Waals surface area (Å²) in [5.41, 5.74) is -0.0711. The predicted molar refractivity (Wildman–Crippen MR) is 72.4 cm³/mol. The maximum atomic E-state index is 13.7. The number of nitrogens with one attached hydrogen (secondary N) is 1. The molecule has 0 atom stereocenters. The van der Waals surface area contributed by atoms with Gasteiger partial charge in [-0.2, -0.15) is 0 Å². The number of carbonyl (C=O) groups is 1. The van der Waals surface area contributed by atoms with Gasteiger partial charge in [0.25, 0.3) is 0 Å². The van der Waals surface area contributed by atoms with E-state index in [1.165, 1.54) is 37.4 Å². The van der Waals surface area contributed by atoms with Crippen molar-refractivity contribution in [3.8, 4) is 5.75 Å². The van der Waals surface area contributed by atoms with Gasteiger partial charge >= 0.3 is 5.97 Å². The zero-order chi connectivity index (χ0) is 14.7. The molecule has 0 unspecified atom stereocenters. The Labute approximate surface area is 119 Å². The van der Waals surface area contributed by atoms with Crippen LogP contribution in [0.3, 0.4) is 0 Å². The number of aromatic nitrogens is 1. The summed E-state index contributed by atoms with van der Waals surface area (Å²) in [6.07, 6.45) is 0. The smallest absolute Gasteiger partial charge is 0.339 e. The standard InChI is InChI=1S/C13H10ClFN2O3/c1-20-7-2-4-9(15)10(6-7)16-12-8(13(18)19)3-5-11(14)17-12/h2-6H,1H3,(H,16,17)(H,18,19). The molecule has 0 spiro atoms. The van der Waals surface area contributed by atoms with Gasteiger partial charge in [-0.1, -0.05) is 11.6 Å². The van der Waals surface area contributed by atoms with Gasteiger partial charge < -0.3 is 15.2 Å². The zero-order valence-electron chi connectivity index (χ0n) is 10.4. The summed E-state index contributed by atoms with van der Waals surface area (Å²) in [6, 6.07) is 6.68. The van der Waals surface area contributed by atoms with Crippen molar-refractivity contribution in [2.75, 3.05) is 12.4 Å². The number of anilines is 2. The summed E-state index contributed by atoms with van der Waals surface area (Å²) < 4.78 is 18.7. The maximum Gasteiger partial charge on any atom is 0.339 e. The average molecular weight is 297 g/mol. The third-order valence-electron chi connectivity index (χ3n) is 2.52. The minimum Gasteiger partial charge on any atom is -0.497 e. The first-order valence-electron chi connectivity index (χ1n) is 5.51. The normalized spacial score (nSPS) is 10.2. The van der Waals surface area contributed by atoms with Crippen LogP contribution in [0.4, 0.5) is 15.9 Å². The third-order valence-corrected chi connectivity index (χ3v) is 2.73. The van der Waals surface area contributed by atoms with Crippen LogP contribution in [0.5, 0.6) is 5.75 Å². The van der Waals surface area contributed by atoms with E-state index in [1.807, 2.05) is 0 Å². The van der Waals surface area contributed by atoms with E-state index in [0.29, 0.717) is 5.75 Å². The highest BCUT2D eigenvalue weighted by molar-refractivity contribution is 6.29. The summed E-state index contributed by atoms with van der Waals surface area (Å²) in [5.74, 6) is -1.38. The number of nitrogens with zero attached hydrogens (tertiary/aromatic N) is 1. The van der Waals surface area contributed by atoms with E-state index in [2.05, 4.69) is 10.3 Å². The van der Waals surface area contributed by atoms with Crippen LogP contribution in [0, 0.1) is 5.82 Å². The molecule has 5 nitrogen and oxygen atoms in total. The Morgan fingerprint density at radius 2 is 2.15 bits per heavy atom. The van der Waals surface area contributed by atoms with E-state index in [4.69, 9.17) is 21.4 Å². The van der Waals surface area contributed by atoms with Gasteiger partial charge in [0.15, 0.2) is 0 Å². The number of hydrogen-bond donors (Lipinski definition) is 2. The monoisotopic (exact) mass is 296 g/mol. The van der Waals surface area contributed by atoms with E-state index in [9.17, 15) is 9.18 Å². The quantitative estimate of drug-likeness (QED) is 0.847. The van der Waals surface area contributed by atoms with Crippen molar-refractivity contribution in [1.29, 1.82) is 0 Å². The van der Waals surface area contributed by atoms with Crippen LogP contribution in [-0.2, 0) is 0 Å². The molecule has 2 aromatic rings. The second-order valence-electron chi connectivity index (χ2n) is 3.81. The predicted octanol–water partition coefficient (Wildman–Crippen LogP) is 3.32. The van der Waals surface area contributed by atoms with Crippen molar-refractivity contribution in [3.63, 3.8) is 0 Å². The molecule has 7 heteroatoms. The molecule has 0 fully saturated rings. The molecule has 2 N–H and O–H groups in total. The Bertz CT molecular complexity index is 664. The highest BCUT2D eigenvalue weighted by atomic mass is 35.5. The van der Waals surface area contributed by atoms with Crippen LogP contribution in [-0.4, -0.2) is 23.2 Å². The summed E-state index contributed by atoms with van der Waals surface area (Å²) in [5, 5.41) is 11.8. The fourth-order valence-corrected chi connectivity index (χ4v) is 1.71. The van der Waals surface area contributed by atoms with E-state index in [1.54, 1.807) is 0 Å². The largest absolute Gasteiger partial charge is 0.497 e. The fraction of sp³-hybridized carbons (Fsp3) is 0.0769. The van der Waals surface area contributed by atoms with E-state index in [0.717, 1.165) is 0 Å². The SMILES string of the molecule is COc1ccc(F)c(Nc2nc(Cl)ccc2C(=O)O)c1. The van der Waals surface area contributed by atoms with Gasteiger partial charge in [-0.3, -0.25) is 0 Å². The molecule has 0 bridgehead atoms. The molecular weight excluding hydrogens is 287 g/mol.